The van der Waals surface area contributed by atoms with Crippen LogP contribution in [0.15, 0.2) is 18.2 Å². The van der Waals surface area contributed by atoms with E-state index in [1.54, 1.807) is 0 Å². The van der Waals surface area contributed by atoms with Crippen molar-refractivity contribution in [2.45, 2.75) is 40.5 Å². The Kier molecular flexibility index (Phi) is 3.92. The van der Waals surface area contributed by atoms with Crippen LogP contribution in [0.5, 0.6) is 0 Å². The van der Waals surface area contributed by atoms with Crippen LogP contribution in [0.3, 0.4) is 0 Å². The van der Waals surface area contributed by atoms with Crippen molar-refractivity contribution in [3.8, 4) is 0 Å². The Morgan fingerprint density at radius 1 is 1.20 bits per heavy atom. The molecule has 1 aromatic carbocycles. The highest BCUT2D eigenvalue weighted by molar-refractivity contribution is 5.33. The van der Waals surface area contributed by atoms with E-state index in [1.807, 2.05) is 0 Å². The first kappa shape index (κ1) is 12.3. The third-order valence-corrected chi connectivity index (χ3v) is 3.21. The highest BCUT2D eigenvalue weighted by Crippen LogP contribution is 2.27. The second-order valence-corrected chi connectivity index (χ2v) is 5.24. The maximum atomic E-state index is 5.64. The molecule has 0 aliphatic rings. The molecule has 1 nitrogen and oxygen atoms in total. The van der Waals surface area contributed by atoms with Gasteiger partial charge in [-0.05, 0) is 55.3 Å². The molecule has 0 atom stereocenters. The molecule has 0 aromatic heterocycles. The molecule has 0 saturated carbocycles. The molecule has 0 aliphatic heterocycles. The van der Waals surface area contributed by atoms with Crippen LogP contribution in [-0.4, -0.2) is 6.54 Å². The van der Waals surface area contributed by atoms with Crippen LogP contribution in [0.2, 0.25) is 0 Å². The van der Waals surface area contributed by atoms with Crippen molar-refractivity contribution in [1.82, 2.24) is 0 Å². The second-order valence-electron chi connectivity index (χ2n) is 5.24. The lowest BCUT2D eigenvalue weighted by molar-refractivity contribution is 0.338. The summed E-state index contributed by atoms with van der Waals surface area (Å²) in [5.74, 6) is 0. The normalized spacial score (nSPS) is 11.8. The van der Waals surface area contributed by atoms with E-state index in [4.69, 9.17) is 5.73 Å². The highest BCUT2D eigenvalue weighted by atomic mass is 14.5. The van der Waals surface area contributed by atoms with E-state index < -0.39 is 0 Å². The number of nitrogens with two attached hydrogens (primary N) is 1. The van der Waals surface area contributed by atoms with Crippen molar-refractivity contribution in [2.75, 3.05) is 6.54 Å². The van der Waals surface area contributed by atoms with Gasteiger partial charge in [-0.15, -0.1) is 0 Å². The summed E-state index contributed by atoms with van der Waals surface area (Å²) in [6.45, 7) is 9.75. The Balaban J connectivity index is 2.85. The van der Waals surface area contributed by atoms with Crippen LogP contribution in [0.25, 0.3) is 0 Å². The van der Waals surface area contributed by atoms with Crippen molar-refractivity contribution >= 4 is 0 Å². The van der Waals surface area contributed by atoms with Gasteiger partial charge in [0, 0.05) is 0 Å². The van der Waals surface area contributed by atoms with Gasteiger partial charge in [0.25, 0.3) is 0 Å². The van der Waals surface area contributed by atoms with Gasteiger partial charge in [-0.1, -0.05) is 32.0 Å². The molecular weight excluding hydrogens is 182 g/mol. The number of benzene rings is 1. The van der Waals surface area contributed by atoms with E-state index in [1.165, 1.54) is 16.7 Å². The van der Waals surface area contributed by atoms with E-state index in [2.05, 4.69) is 45.9 Å². The Morgan fingerprint density at radius 2 is 1.87 bits per heavy atom. The molecule has 0 radical (unpaired) electrons. The van der Waals surface area contributed by atoms with Gasteiger partial charge in [-0.2, -0.15) is 0 Å². The zero-order valence-corrected chi connectivity index (χ0v) is 10.4. The predicted octanol–water partition coefficient (Wildman–Crippen LogP) is 3.22. The van der Waals surface area contributed by atoms with Crippen molar-refractivity contribution in [1.29, 1.82) is 0 Å². The van der Waals surface area contributed by atoms with E-state index in [0.717, 1.165) is 19.4 Å². The molecule has 0 spiro atoms. The summed E-state index contributed by atoms with van der Waals surface area (Å²) in [6.07, 6.45) is 2.21. The quantitative estimate of drug-likeness (QED) is 0.802. The van der Waals surface area contributed by atoms with Crippen LogP contribution in [-0.2, 0) is 6.42 Å². The maximum Gasteiger partial charge on any atom is -0.00721 e. The molecule has 1 heteroatoms. The molecule has 0 saturated heterocycles. The summed E-state index contributed by atoms with van der Waals surface area (Å²) < 4.78 is 0. The standard InChI is InChI=1S/C14H23N/c1-11-6-5-7-13(12(11)2)10-14(3,4)8-9-15/h5-7H,8-10,15H2,1-4H3. The van der Waals surface area contributed by atoms with Crippen molar-refractivity contribution in [3.63, 3.8) is 0 Å². The number of rotatable bonds is 4. The average molecular weight is 205 g/mol. The van der Waals surface area contributed by atoms with Gasteiger partial charge in [-0.25, -0.2) is 0 Å². The summed E-state index contributed by atoms with van der Waals surface area (Å²) in [7, 11) is 0. The Hall–Kier alpha value is -0.820. The van der Waals surface area contributed by atoms with Crippen LogP contribution in [0.1, 0.15) is 37.0 Å². The third-order valence-electron chi connectivity index (χ3n) is 3.21. The molecule has 2 N–H and O–H groups in total. The Labute approximate surface area is 93.7 Å². The fraction of sp³-hybridized carbons (Fsp3) is 0.571. The van der Waals surface area contributed by atoms with Gasteiger partial charge >= 0.3 is 0 Å². The maximum absolute atomic E-state index is 5.64. The number of aryl methyl sites for hydroxylation is 1. The van der Waals surface area contributed by atoms with Gasteiger partial charge < -0.3 is 5.73 Å². The smallest absolute Gasteiger partial charge is 0.00721 e. The monoisotopic (exact) mass is 205 g/mol. The fourth-order valence-corrected chi connectivity index (χ4v) is 2.00. The van der Waals surface area contributed by atoms with E-state index in [0.29, 0.717) is 5.41 Å². The number of hydrogen-bond donors (Lipinski definition) is 1. The van der Waals surface area contributed by atoms with E-state index in [-0.39, 0.29) is 0 Å². The third kappa shape index (κ3) is 3.35. The van der Waals surface area contributed by atoms with Crippen molar-refractivity contribution in [3.05, 3.63) is 34.9 Å². The molecule has 0 unspecified atom stereocenters. The fourth-order valence-electron chi connectivity index (χ4n) is 2.00. The molecule has 84 valence electrons. The molecule has 1 rings (SSSR count). The zero-order chi connectivity index (χ0) is 11.5. The van der Waals surface area contributed by atoms with Gasteiger partial charge in [0.1, 0.15) is 0 Å². The minimum atomic E-state index is 0.313. The van der Waals surface area contributed by atoms with Crippen LogP contribution >= 0.6 is 0 Å². The van der Waals surface area contributed by atoms with Crippen LogP contribution < -0.4 is 5.73 Å². The lowest BCUT2D eigenvalue weighted by Gasteiger charge is -2.25. The molecule has 0 fully saturated rings. The molecule has 15 heavy (non-hydrogen) atoms. The SMILES string of the molecule is Cc1cccc(CC(C)(C)CCN)c1C. The molecule has 0 amide bonds. The number of hydrogen-bond acceptors (Lipinski definition) is 1. The topological polar surface area (TPSA) is 26.0 Å². The second kappa shape index (κ2) is 4.80. The molecule has 0 heterocycles. The largest absolute Gasteiger partial charge is 0.330 e. The first-order valence-corrected chi connectivity index (χ1v) is 5.71. The zero-order valence-electron chi connectivity index (χ0n) is 10.4. The van der Waals surface area contributed by atoms with Gasteiger partial charge in [0.15, 0.2) is 0 Å². The van der Waals surface area contributed by atoms with E-state index >= 15 is 0 Å². The lowest BCUT2D eigenvalue weighted by atomic mass is 9.81. The summed E-state index contributed by atoms with van der Waals surface area (Å²) in [4.78, 5) is 0. The lowest BCUT2D eigenvalue weighted by Crippen LogP contribution is -2.20. The first-order chi connectivity index (χ1) is 6.96. The summed E-state index contributed by atoms with van der Waals surface area (Å²) in [5.41, 5.74) is 10.2. The molecular formula is C14H23N. The minimum absolute atomic E-state index is 0.313. The van der Waals surface area contributed by atoms with Crippen molar-refractivity contribution in [2.24, 2.45) is 11.1 Å². The van der Waals surface area contributed by atoms with Crippen LogP contribution in [0.4, 0.5) is 0 Å². The van der Waals surface area contributed by atoms with Gasteiger partial charge in [0.05, 0.1) is 0 Å². The van der Waals surface area contributed by atoms with Crippen LogP contribution in [0, 0.1) is 19.3 Å². The predicted molar refractivity (Wildman–Crippen MR) is 67.1 cm³/mol. The minimum Gasteiger partial charge on any atom is -0.330 e. The Morgan fingerprint density at radius 3 is 2.47 bits per heavy atom. The average Bonchev–Trinajstić information content (AvgIpc) is 2.12. The Bertz CT molecular complexity index is 326. The molecule has 0 aliphatic carbocycles. The summed E-state index contributed by atoms with van der Waals surface area (Å²) in [5, 5.41) is 0. The van der Waals surface area contributed by atoms with E-state index in [9.17, 15) is 0 Å². The summed E-state index contributed by atoms with van der Waals surface area (Å²) >= 11 is 0. The molecule has 0 bridgehead atoms. The highest BCUT2D eigenvalue weighted by Gasteiger charge is 2.18. The van der Waals surface area contributed by atoms with Gasteiger partial charge in [0.2, 0.25) is 0 Å². The van der Waals surface area contributed by atoms with Crippen molar-refractivity contribution < 1.29 is 0 Å². The molecule has 1 aromatic rings. The van der Waals surface area contributed by atoms with Gasteiger partial charge in [-0.3, -0.25) is 0 Å². The summed E-state index contributed by atoms with van der Waals surface area (Å²) in [6, 6.07) is 6.56. The first-order valence-electron chi connectivity index (χ1n) is 5.71.